The monoisotopic (exact) mass is 450 g/mol. The molecule has 6 nitrogen and oxygen atoms in total. The number of hydrogen-bond acceptors (Lipinski definition) is 5. The van der Waals surface area contributed by atoms with Crippen molar-refractivity contribution in [2.45, 2.75) is 50.7 Å². The molecule has 3 rings (SSSR count). The Morgan fingerprint density at radius 3 is 2.28 bits per heavy atom. The van der Waals surface area contributed by atoms with Crippen LogP contribution in [0.15, 0.2) is 59.8 Å². The maximum Gasteiger partial charge on any atom is 0.231 e. The molecule has 2 aromatic carbocycles. The summed E-state index contributed by atoms with van der Waals surface area (Å²) in [7, 11) is 1.89. The number of benzene rings is 2. The summed E-state index contributed by atoms with van der Waals surface area (Å²) in [5.41, 5.74) is 3.33. The molecule has 1 amide bonds. The minimum Gasteiger partial charge on any atom is -0.345 e. The van der Waals surface area contributed by atoms with Gasteiger partial charge in [0.15, 0.2) is 16.8 Å². The number of ketones is 1. The molecule has 0 spiro atoms. The van der Waals surface area contributed by atoms with Gasteiger partial charge in [-0.25, -0.2) is 0 Å². The first-order valence-electron chi connectivity index (χ1n) is 10.6. The summed E-state index contributed by atoms with van der Waals surface area (Å²) in [6, 6.07) is 17.5. The fourth-order valence-corrected chi connectivity index (χ4v) is 4.05. The van der Waals surface area contributed by atoms with Crippen molar-refractivity contribution in [1.82, 2.24) is 20.1 Å². The second-order valence-corrected chi connectivity index (χ2v) is 9.84. The van der Waals surface area contributed by atoms with Crippen molar-refractivity contribution < 1.29 is 9.59 Å². The topological polar surface area (TPSA) is 76.9 Å². The van der Waals surface area contributed by atoms with Gasteiger partial charge in [-0.15, -0.1) is 10.2 Å². The zero-order valence-corrected chi connectivity index (χ0v) is 20.1. The molecule has 0 aliphatic rings. The van der Waals surface area contributed by atoms with Crippen molar-refractivity contribution in [2.24, 2.45) is 7.05 Å². The van der Waals surface area contributed by atoms with Crippen LogP contribution in [-0.4, -0.2) is 38.2 Å². The van der Waals surface area contributed by atoms with Crippen molar-refractivity contribution in [3.63, 3.8) is 0 Å². The average Bonchev–Trinajstić information content (AvgIpc) is 3.12. The normalized spacial score (nSPS) is 12.4. The molecule has 0 bridgehead atoms. The first kappa shape index (κ1) is 23.7. The SMILES string of the molecule is CC(=O)C(Cc1ccccc1)NC(=O)CSc1nnc(-c2ccc(C(C)(C)C)cc2)n1C. The van der Waals surface area contributed by atoms with E-state index in [4.69, 9.17) is 0 Å². The Morgan fingerprint density at radius 1 is 1.03 bits per heavy atom. The molecule has 1 heterocycles. The largest absolute Gasteiger partial charge is 0.345 e. The number of carbonyl (C=O) groups excluding carboxylic acids is 2. The summed E-state index contributed by atoms with van der Waals surface area (Å²) in [6.45, 7) is 8.04. The van der Waals surface area contributed by atoms with Crippen LogP contribution in [-0.2, 0) is 28.5 Å². The highest BCUT2D eigenvalue weighted by Gasteiger charge is 2.19. The van der Waals surface area contributed by atoms with Gasteiger partial charge in [0, 0.05) is 12.6 Å². The lowest BCUT2D eigenvalue weighted by Crippen LogP contribution is -2.42. The van der Waals surface area contributed by atoms with Crippen LogP contribution in [0, 0.1) is 0 Å². The number of Topliss-reactive ketones (excluding diaryl/α,β-unsaturated/α-hetero) is 1. The fraction of sp³-hybridized carbons (Fsp3) is 0.360. The van der Waals surface area contributed by atoms with Gasteiger partial charge in [-0.05, 0) is 29.9 Å². The summed E-state index contributed by atoms with van der Waals surface area (Å²) in [5, 5.41) is 12.1. The van der Waals surface area contributed by atoms with E-state index in [0.717, 1.165) is 17.0 Å². The summed E-state index contributed by atoms with van der Waals surface area (Å²) in [5.74, 6) is 0.643. The molecular formula is C25H30N4O2S. The number of carbonyl (C=O) groups is 2. The van der Waals surface area contributed by atoms with Crippen LogP contribution in [0.25, 0.3) is 11.4 Å². The van der Waals surface area contributed by atoms with Crippen LogP contribution < -0.4 is 5.32 Å². The molecule has 0 saturated carbocycles. The number of hydrogen-bond donors (Lipinski definition) is 1. The maximum atomic E-state index is 12.5. The Balaban J connectivity index is 1.61. The Labute approximate surface area is 193 Å². The highest BCUT2D eigenvalue weighted by atomic mass is 32.2. The molecule has 0 radical (unpaired) electrons. The van der Waals surface area contributed by atoms with Gasteiger partial charge < -0.3 is 9.88 Å². The molecule has 1 atom stereocenters. The molecule has 1 unspecified atom stereocenters. The number of nitrogens with zero attached hydrogens (tertiary/aromatic N) is 3. The number of nitrogens with one attached hydrogen (secondary N) is 1. The Bertz CT molecular complexity index is 1070. The lowest BCUT2D eigenvalue weighted by atomic mass is 9.87. The van der Waals surface area contributed by atoms with E-state index in [1.54, 1.807) is 0 Å². The van der Waals surface area contributed by atoms with Crippen molar-refractivity contribution >= 4 is 23.5 Å². The molecule has 1 N–H and O–H groups in total. The molecule has 0 fully saturated rings. The Kier molecular flexibility index (Phi) is 7.51. The van der Waals surface area contributed by atoms with E-state index in [1.807, 2.05) is 54.1 Å². The molecule has 7 heteroatoms. The van der Waals surface area contributed by atoms with E-state index in [9.17, 15) is 9.59 Å². The Hall–Kier alpha value is -2.93. The zero-order chi connectivity index (χ0) is 23.3. The van der Waals surface area contributed by atoms with Gasteiger partial charge in [0.2, 0.25) is 5.91 Å². The van der Waals surface area contributed by atoms with Crippen molar-refractivity contribution in [3.05, 3.63) is 65.7 Å². The molecule has 1 aromatic heterocycles. The van der Waals surface area contributed by atoms with Gasteiger partial charge in [0.25, 0.3) is 0 Å². The molecule has 0 aliphatic heterocycles. The van der Waals surface area contributed by atoms with Gasteiger partial charge >= 0.3 is 0 Å². The van der Waals surface area contributed by atoms with Crippen molar-refractivity contribution in [1.29, 1.82) is 0 Å². The first-order chi connectivity index (χ1) is 15.1. The molecule has 0 saturated heterocycles. The summed E-state index contributed by atoms with van der Waals surface area (Å²) in [6.07, 6.45) is 0.477. The molecule has 3 aromatic rings. The summed E-state index contributed by atoms with van der Waals surface area (Å²) >= 11 is 1.30. The number of amides is 1. The van der Waals surface area contributed by atoms with E-state index in [0.29, 0.717) is 11.6 Å². The third-order valence-electron chi connectivity index (χ3n) is 5.28. The lowest BCUT2D eigenvalue weighted by molar-refractivity contribution is -0.125. The number of rotatable bonds is 8. The van der Waals surface area contributed by atoms with Crippen LogP contribution >= 0.6 is 11.8 Å². The van der Waals surface area contributed by atoms with Crippen LogP contribution in [0.2, 0.25) is 0 Å². The second-order valence-electron chi connectivity index (χ2n) is 8.90. The fourth-order valence-electron chi connectivity index (χ4n) is 3.32. The highest BCUT2D eigenvalue weighted by Crippen LogP contribution is 2.27. The van der Waals surface area contributed by atoms with Crippen LogP contribution in [0.3, 0.4) is 0 Å². The molecule has 168 valence electrons. The van der Waals surface area contributed by atoms with Crippen LogP contribution in [0.1, 0.15) is 38.8 Å². The van der Waals surface area contributed by atoms with Gasteiger partial charge in [0.1, 0.15) is 0 Å². The molecule has 0 aliphatic carbocycles. The number of thioether (sulfide) groups is 1. The third kappa shape index (κ3) is 6.07. The predicted molar refractivity (Wildman–Crippen MR) is 129 cm³/mol. The standard InChI is InChI=1S/C25H30N4O2S/c1-17(30)21(15-18-9-7-6-8-10-18)26-22(31)16-32-24-28-27-23(29(24)5)19-11-13-20(14-12-19)25(2,3)4/h6-14,21H,15-16H2,1-5H3,(H,26,31). The van der Waals surface area contributed by atoms with E-state index in [2.05, 4.69) is 48.4 Å². The predicted octanol–water partition coefficient (Wildman–Crippen LogP) is 4.19. The highest BCUT2D eigenvalue weighted by molar-refractivity contribution is 7.99. The zero-order valence-electron chi connectivity index (χ0n) is 19.3. The van der Waals surface area contributed by atoms with E-state index in [1.165, 1.54) is 24.2 Å². The smallest absolute Gasteiger partial charge is 0.231 e. The summed E-state index contributed by atoms with van der Waals surface area (Å²) < 4.78 is 1.89. The van der Waals surface area contributed by atoms with Gasteiger partial charge in [-0.1, -0.05) is 87.1 Å². The average molecular weight is 451 g/mol. The van der Waals surface area contributed by atoms with Crippen LogP contribution in [0.5, 0.6) is 0 Å². The van der Waals surface area contributed by atoms with Gasteiger partial charge in [-0.2, -0.15) is 0 Å². The van der Waals surface area contributed by atoms with Gasteiger partial charge in [0.05, 0.1) is 11.8 Å². The summed E-state index contributed by atoms with van der Waals surface area (Å²) in [4.78, 5) is 24.5. The number of aromatic nitrogens is 3. The van der Waals surface area contributed by atoms with Crippen molar-refractivity contribution in [3.8, 4) is 11.4 Å². The molecule has 32 heavy (non-hydrogen) atoms. The van der Waals surface area contributed by atoms with Gasteiger partial charge in [-0.3, -0.25) is 9.59 Å². The maximum absolute atomic E-state index is 12.5. The van der Waals surface area contributed by atoms with Crippen LogP contribution in [0.4, 0.5) is 0 Å². The second kappa shape index (κ2) is 10.1. The third-order valence-corrected chi connectivity index (χ3v) is 6.31. The Morgan fingerprint density at radius 2 is 1.69 bits per heavy atom. The van der Waals surface area contributed by atoms with Crippen molar-refractivity contribution in [2.75, 3.05) is 5.75 Å². The van der Waals surface area contributed by atoms with E-state index < -0.39 is 6.04 Å². The molecular weight excluding hydrogens is 420 g/mol. The lowest BCUT2D eigenvalue weighted by Gasteiger charge is -2.19. The van der Waals surface area contributed by atoms with E-state index in [-0.39, 0.29) is 22.9 Å². The first-order valence-corrected chi connectivity index (χ1v) is 11.6. The van der Waals surface area contributed by atoms with E-state index >= 15 is 0 Å². The quantitative estimate of drug-likeness (QED) is 0.521. The minimum absolute atomic E-state index is 0.0631. The minimum atomic E-state index is -0.540.